The first-order valence-electron chi connectivity index (χ1n) is 9.29. The Morgan fingerprint density at radius 3 is 2.57 bits per heavy atom. The first-order chi connectivity index (χ1) is 13.3. The van der Waals surface area contributed by atoms with Gasteiger partial charge in [-0.15, -0.1) is 0 Å². The number of benzene rings is 1. The van der Waals surface area contributed by atoms with Gasteiger partial charge >= 0.3 is 6.09 Å². The van der Waals surface area contributed by atoms with Gasteiger partial charge in [0.05, 0.1) is 29.7 Å². The van der Waals surface area contributed by atoms with Gasteiger partial charge in [-0.05, 0) is 26.3 Å². The zero-order valence-electron chi connectivity index (χ0n) is 16.3. The van der Waals surface area contributed by atoms with Crippen molar-refractivity contribution in [3.05, 3.63) is 47.9 Å². The van der Waals surface area contributed by atoms with Crippen molar-refractivity contribution in [2.45, 2.75) is 51.4 Å². The summed E-state index contributed by atoms with van der Waals surface area (Å²) < 4.78 is 5.51. The molecule has 28 heavy (non-hydrogen) atoms. The molecule has 146 valence electrons. The second kappa shape index (κ2) is 7.95. The molecule has 1 aromatic heterocycles. The van der Waals surface area contributed by atoms with Crippen molar-refractivity contribution < 1.29 is 14.6 Å². The van der Waals surface area contributed by atoms with Gasteiger partial charge in [-0.2, -0.15) is 5.26 Å². The molecule has 2 unspecified atom stereocenters. The maximum Gasteiger partial charge on any atom is 0.410 e. The van der Waals surface area contributed by atoms with E-state index in [-0.39, 0.29) is 23.9 Å². The minimum atomic E-state index is -0.858. The molecule has 2 atom stereocenters. The van der Waals surface area contributed by atoms with Crippen LogP contribution in [-0.4, -0.2) is 44.3 Å². The van der Waals surface area contributed by atoms with E-state index in [0.29, 0.717) is 25.1 Å². The lowest BCUT2D eigenvalue weighted by molar-refractivity contribution is -0.0309. The average molecular weight is 380 g/mol. The highest BCUT2D eigenvalue weighted by molar-refractivity contribution is 5.69. The number of ether oxygens (including phenoxy) is 1. The maximum atomic E-state index is 12.4. The van der Waals surface area contributed by atoms with Gasteiger partial charge < -0.3 is 14.7 Å². The highest BCUT2D eigenvalue weighted by Crippen LogP contribution is 2.29. The van der Waals surface area contributed by atoms with Crippen LogP contribution in [0, 0.1) is 11.3 Å². The van der Waals surface area contributed by atoms with E-state index < -0.39 is 5.60 Å². The summed E-state index contributed by atoms with van der Waals surface area (Å²) in [7, 11) is 0. The highest BCUT2D eigenvalue weighted by atomic mass is 16.6. The molecule has 1 aromatic carbocycles. The molecular formula is C21H24N4O3. The number of rotatable bonds is 5. The number of aliphatic hydroxyl groups is 1. The van der Waals surface area contributed by atoms with Gasteiger partial charge in [0.25, 0.3) is 0 Å². The van der Waals surface area contributed by atoms with Crippen molar-refractivity contribution in [3.63, 3.8) is 0 Å². The molecule has 1 aliphatic rings. The van der Waals surface area contributed by atoms with Gasteiger partial charge in [-0.3, -0.25) is 4.98 Å². The van der Waals surface area contributed by atoms with Crippen LogP contribution < -0.4 is 0 Å². The minimum Gasteiger partial charge on any atom is -0.446 e. The lowest BCUT2D eigenvalue weighted by Gasteiger charge is -2.37. The van der Waals surface area contributed by atoms with E-state index in [4.69, 9.17) is 10.00 Å². The molecule has 1 saturated heterocycles. The molecule has 1 N–H and O–H groups in total. The first-order valence-corrected chi connectivity index (χ1v) is 9.29. The smallest absolute Gasteiger partial charge is 0.410 e. The monoisotopic (exact) mass is 380 g/mol. The van der Waals surface area contributed by atoms with E-state index in [2.05, 4.69) is 9.97 Å². The van der Waals surface area contributed by atoms with Crippen molar-refractivity contribution in [2.24, 2.45) is 0 Å². The van der Waals surface area contributed by atoms with Crippen LogP contribution in [0.2, 0.25) is 0 Å². The van der Waals surface area contributed by atoms with Crippen LogP contribution in [0.25, 0.3) is 11.3 Å². The Kier molecular flexibility index (Phi) is 5.61. The fourth-order valence-electron chi connectivity index (χ4n) is 3.34. The van der Waals surface area contributed by atoms with E-state index in [1.807, 2.05) is 37.3 Å². The number of carbonyl (C=O) groups excluding carboxylic acids is 1. The van der Waals surface area contributed by atoms with Crippen molar-refractivity contribution >= 4 is 6.09 Å². The second-order valence-corrected chi connectivity index (χ2v) is 7.70. The van der Waals surface area contributed by atoms with Crippen molar-refractivity contribution in [3.8, 4) is 17.3 Å². The zero-order chi connectivity index (χ0) is 20.3. The third kappa shape index (κ3) is 4.65. The largest absolute Gasteiger partial charge is 0.446 e. The molecule has 0 saturated carbocycles. The number of carbonyl (C=O) groups is 1. The molecule has 3 rings (SSSR count). The van der Waals surface area contributed by atoms with E-state index in [9.17, 15) is 9.90 Å². The van der Waals surface area contributed by atoms with Crippen LogP contribution in [0.4, 0.5) is 4.79 Å². The van der Waals surface area contributed by atoms with Crippen molar-refractivity contribution in [1.82, 2.24) is 14.9 Å². The number of hydrogen-bond donors (Lipinski definition) is 1. The quantitative estimate of drug-likeness (QED) is 0.853. The third-order valence-corrected chi connectivity index (χ3v) is 4.84. The number of amides is 1. The van der Waals surface area contributed by atoms with Gasteiger partial charge in [0.2, 0.25) is 0 Å². The standard InChI is InChI=1S/C21H24N4O3/c1-14(25-9-8-18(28-20(25)26)10-21(2,3)27)15-4-6-16(7-5-15)19-13-23-17(11-22)12-24-19/h4-7,12-14,18,27H,8-10H2,1-3H3. The Morgan fingerprint density at radius 2 is 2.04 bits per heavy atom. The van der Waals surface area contributed by atoms with Gasteiger partial charge in [-0.25, -0.2) is 9.78 Å². The molecule has 0 bridgehead atoms. The van der Waals surface area contributed by atoms with Gasteiger partial charge in [0.1, 0.15) is 12.2 Å². The lowest BCUT2D eigenvalue weighted by atomic mass is 9.97. The lowest BCUT2D eigenvalue weighted by Crippen LogP contribution is -2.45. The Morgan fingerprint density at radius 1 is 1.32 bits per heavy atom. The summed E-state index contributed by atoms with van der Waals surface area (Å²) in [4.78, 5) is 22.4. The molecule has 1 aliphatic heterocycles. The van der Waals surface area contributed by atoms with E-state index in [0.717, 1.165) is 11.1 Å². The summed E-state index contributed by atoms with van der Waals surface area (Å²) in [6.45, 7) is 5.99. The molecule has 0 radical (unpaired) electrons. The van der Waals surface area contributed by atoms with Crippen LogP contribution in [0.1, 0.15) is 50.9 Å². The molecule has 7 heteroatoms. The fourth-order valence-corrected chi connectivity index (χ4v) is 3.34. The molecular weight excluding hydrogens is 356 g/mol. The normalized spacial score (nSPS) is 18.3. The Bertz CT molecular complexity index is 867. The second-order valence-electron chi connectivity index (χ2n) is 7.70. The van der Waals surface area contributed by atoms with Crippen molar-refractivity contribution in [2.75, 3.05) is 6.54 Å². The molecule has 0 aliphatic carbocycles. The van der Waals surface area contributed by atoms with Crippen LogP contribution >= 0.6 is 0 Å². The summed E-state index contributed by atoms with van der Waals surface area (Å²) in [6.07, 6.45) is 3.53. The number of aromatic nitrogens is 2. The highest BCUT2D eigenvalue weighted by Gasteiger charge is 2.33. The number of hydrogen-bond acceptors (Lipinski definition) is 6. The summed E-state index contributed by atoms with van der Waals surface area (Å²) in [6, 6.07) is 9.58. The summed E-state index contributed by atoms with van der Waals surface area (Å²) in [5.74, 6) is 0. The molecule has 1 amide bonds. The van der Waals surface area contributed by atoms with Crippen molar-refractivity contribution in [1.29, 1.82) is 5.26 Å². The molecule has 1 fully saturated rings. The molecule has 7 nitrogen and oxygen atoms in total. The topological polar surface area (TPSA) is 99.3 Å². The summed E-state index contributed by atoms with van der Waals surface area (Å²) in [5, 5.41) is 18.7. The Labute approximate surface area is 164 Å². The predicted molar refractivity (Wildman–Crippen MR) is 103 cm³/mol. The Hall–Kier alpha value is -2.98. The number of nitrogens with zero attached hydrogens (tertiary/aromatic N) is 4. The van der Waals surface area contributed by atoms with E-state index in [1.54, 1.807) is 24.9 Å². The molecule has 2 aromatic rings. The van der Waals surface area contributed by atoms with Crippen LogP contribution in [0.15, 0.2) is 36.7 Å². The van der Waals surface area contributed by atoms with Crippen LogP contribution in [0.3, 0.4) is 0 Å². The summed E-state index contributed by atoms with van der Waals surface area (Å²) in [5.41, 5.74) is 1.98. The molecule has 2 heterocycles. The van der Waals surface area contributed by atoms with Crippen LogP contribution in [0.5, 0.6) is 0 Å². The van der Waals surface area contributed by atoms with Gasteiger partial charge in [0.15, 0.2) is 5.69 Å². The predicted octanol–water partition coefficient (Wildman–Crippen LogP) is 3.45. The van der Waals surface area contributed by atoms with E-state index >= 15 is 0 Å². The fraction of sp³-hybridized carbons (Fsp3) is 0.429. The van der Waals surface area contributed by atoms with Crippen LogP contribution in [-0.2, 0) is 4.74 Å². The number of nitriles is 1. The average Bonchev–Trinajstić information content (AvgIpc) is 2.66. The Balaban J connectivity index is 1.67. The van der Waals surface area contributed by atoms with Gasteiger partial charge in [0, 0.05) is 24.9 Å². The summed E-state index contributed by atoms with van der Waals surface area (Å²) >= 11 is 0. The minimum absolute atomic E-state index is 0.128. The van der Waals surface area contributed by atoms with Gasteiger partial charge in [-0.1, -0.05) is 24.3 Å². The third-order valence-electron chi connectivity index (χ3n) is 4.84. The number of cyclic esters (lactones) is 1. The SMILES string of the molecule is CC(c1ccc(-c2cnc(C#N)cn2)cc1)N1CCC(CC(C)(C)O)OC1=O. The maximum absolute atomic E-state index is 12.4. The first kappa shape index (κ1) is 19.8. The molecule has 0 spiro atoms. The zero-order valence-corrected chi connectivity index (χ0v) is 16.3. The van der Waals surface area contributed by atoms with E-state index in [1.165, 1.54) is 6.20 Å².